The van der Waals surface area contributed by atoms with Crippen LogP contribution in [0.25, 0.3) is 0 Å². The third kappa shape index (κ3) is 4.10. The van der Waals surface area contributed by atoms with E-state index in [0.717, 1.165) is 5.03 Å². The number of nitrogen functional groups attached to an aromatic ring is 1. The van der Waals surface area contributed by atoms with Gasteiger partial charge in [-0.3, -0.25) is 0 Å². The molecule has 5 nitrogen and oxygen atoms in total. The second-order valence-electron chi connectivity index (χ2n) is 4.89. The van der Waals surface area contributed by atoms with Crippen LogP contribution in [-0.2, 0) is 0 Å². The lowest BCUT2D eigenvalue weighted by Gasteiger charge is -2.21. The Morgan fingerprint density at radius 1 is 1.16 bits per heavy atom. The Labute approximate surface area is 116 Å². The van der Waals surface area contributed by atoms with Crippen molar-refractivity contribution in [3.05, 3.63) is 30.6 Å². The lowest BCUT2D eigenvalue weighted by Crippen LogP contribution is -2.24. The first-order chi connectivity index (χ1) is 8.94. The molecule has 0 aliphatic rings. The molecule has 2 rings (SSSR count). The second-order valence-corrected chi connectivity index (χ2v) is 5.88. The zero-order valence-corrected chi connectivity index (χ0v) is 11.9. The SMILES string of the molecule is CC(C)(C)Oc1nc(Sc2ncccn2)ccc1N. The standard InChI is InChI=1S/C13H16N4OS/c1-13(2,3)18-11-9(14)5-6-10(17-11)19-12-15-7-4-8-16-12/h4-8H,14H2,1-3H3. The van der Waals surface area contributed by atoms with Crippen molar-refractivity contribution in [1.82, 2.24) is 15.0 Å². The summed E-state index contributed by atoms with van der Waals surface area (Å²) in [5, 5.41) is 1.39. The van der Waals surface area contributed by atoms with Gasteiger partial charge in [-0.15, -0.1) is 0 Å². The van der Waals surface area contributed by atoms with Crippen molar-refractivity contribution in [2.45, 2.75) is 36.6 Å². The van der Waals surface area contributed by atoms with Crippen LogP contribution in [0.3, 0.4) is 0 Å². The number of hydrogen-bond acceptors (Lipinski definition) is 6. The fourth-order valence-electron chi connectivity index (χ4n) is 1.29. The van der Waals surface area contributed by atoms with E-state index in [1.807, 2.05) is 26.8 Å². The number of nitrogens with zero attached hydrogens (tertiary/aromatic N) is 3. The van der Waals surface area contributed by atoms with E-state index < -0.39 is 0 Å². The predicted molar refractivity (Wildman–Crippen MR) is 75.2 cm³/mol. The van der Waals surface area contributed by atoms with E-state index >= 15 is 0 Å². The first kappa shape index (κ1) is 13.6. The van der Waals surface area contributed by atoms with Gasteiger partial charge in [-0.05, 0) is 50.7 Å². The van der Waals surface area contributed by atoms with Crippen molar-refractivity contribution in [1.29, 1.82) is 0 Å². The molecule has 0 bridgehead atoms. The number of anilines is 1. The minimum absolute atomic E-state index is 0.340. The fraction of sp³-hybridized carbons (Fsp3) is 0.308. The Morgan fingerprint density at radius 3 is 2.47 bits per heavy atom. The van der Waals surface area contributed by atoms with E-state index in [1.165, 1.54) is 11.8 Å². The maximum Gasteiger partial charge on any atom is 0.238 e. The summed E-state index contributed by atoms with van der Waals surface area (Å²) in [4.78, 5) is 12.7. The van der Waals surface area contributed by atoms with Crippen LogP contribution in [0, 0.1) is 0 Å². The summed E-state index contributed by atoms with van der Waals surface area (Å²) in [5.74, 6) is 0.438. The summed E-state index contributed by atoms with van der Waals surface area (Å²) in [7, 11) is 0. The van der Waals surface area contributed by atoms with Crippen LogP contribution in [0.1, 0.15) is 20.8 Å². The topological polar surface area (TPSA) is 73.9 Å². The second kappa shape index (κ2) is 5.44. The highest BCUT2D eigenvalue weighted by atomic mass is 32.2. The van der Waals surface area contributed by atoms with Gasteiger partial charge in [-0.1, -0.05) is 0 Å². The fourth-order valence-corrected chi connectivity index (χ4v) is 1.97. The van der Waals surface area contributed by atoms with Crippen molar-refractivity contribution in [3.8, 4) is 5.88 Å². The van der Waals surface area contributed by atoms with Crippen LogP contribution in [0.15, 0.2) is 40.8 Å². The van der Waals surface area contributed by atoms with Gasteiger partial charge in [-0.2, -0.15) is 0 Å². The molecule has 2 N–H and O–H groups in total. The van der Waals surface area contributed by atoms with E-state index in [-0.39, 0.29) is 5.60 Å². The molecule has 0 spiro atoms. The largest absolute Gasteiger partial charge is 0.470 e. The monoisotopic (exact) mass is 276 g/mol. The summed E-state index contributed by atoms with van der Waals surface area (Å²) in [5.41, 5.74) is 6.04. The summed E-state index contributed by atoms with van der Waals surface area (Å²) in [6.45, 7) is 5.86. The molecule has 2 aromatic heterocycles. The minimum Gasteiger partial charge on any atom is -0.470 e. The molecule has 100 valence electrons. The van der Waals surface area contributed by atoms with Gasteiger partial charge in [0.15, 0.2) is 5.16 Å². The van der Waals surface area contributed by atoms with Crippen molar-refractivity contribution >= 4 is 17.4 Å². The molecule has 6 heteroatoms. The van der Waals surface area contributed by atoms with Gasteiger partial charge in [0.25, 0.3) is 0 Å². The molecule has 0 aromatic carbocycles. The molecule has 0 atom stereocenters. The highest BCUT2D eigenvalue weighted by molar-refractivity contribution is 7.99. The van der Waals surface area contributed by atoms with E-state index in [1.54, 1.807) is 24.5 Å². The Balaban J connectivity index is 2.21. The Bertz CT molecular complexity index is 554. The molecule has 0 saturated heterocycles. The maximum atomic E-state index is 5.86. The molecule has 2 heterocycles. The normalized spacial score (nSPS) is 11.3. The lowest BCUT2D eigenvalue weighted by molar-refractivity contribution is 0.124. The van der Waals surface area contributed by atoms with Crippen LogP contribution in [0.2, 0.25) is 0 Å². The van der Waals surface area contributed by atoms with Crippen molar-refractivity contribution in [2.75, 3.05) is 5.73 Å². The molecule has 0 aliphatic carbocycles. The smallest absolute Gasteiger partial charge is 0.238 e. The molecule has 19 heavy (non-hydrogen) atoms. The molecule has 0 radical (unpaired) electrons. The number of rotatable bonds is 3. The van der Waals surface area contributed by atoms with Crippen molar-refractivity contribution in [2.24, 2.45) is 0 Å². The van der Waals surface area contributed by atoms with Gasteiger partial charge in [0, 0.05) is 12.4 Å². The average Bonchev–Trinajstić information content (AvgIpc) is 2.33. The van der Waals surface area contributed by atoms with E-state index in [2.05, 4.69) is 15.0 Å². The highest BCUT2D eigenvalue weighted by Gasteiger charge is 2.16. The Hall–Kier alpha value is -1.82. The average molecular weight is 276 g/mol. The molecular weight excluding hydrogens is 260 g/mol. The van der Waals surface area contributed by atoms with Crippen LogP contribution in [-0.4, -0.2) is 20.6 Å². The summed E-state index contributed by atoms with van der Waals surface area (Å²) < 4.78 is 5.72. The summed E-state index contributed by atoms with van der Waals surface area (Å²) in [6, 6.07) is 5.37. The van der Waals surface area contributed by atoms with E-state index in [0.29, 0.717) is 16.7 Å². The molecule has 0 unspecified atom stereocenters. The third-order valence-corrected chi connectivity index (χ3v) is 2.83. The summed E-state index contributed by atoms with van der Waals surface area (Å²) in [6.07, 6.45) is 3.39. The molecule has 0 amide bonds. The Morgan fingerprint density at radius 2 is 1.84 bits per heavy atom. The van der Waals surface area contributed by atoms with Crippen LogP contribution >= 0.6 is 11.8 Å². The van der Waals surface area contributed by atoms with Crippen LogP contribution < -0.4 is 10.5 Å². The predicted octanol–water partition coefficient (Wildman–Crippen LogP) is 2.78. The number of aromatic nitrogens is 3. The molecule has 0 fully saturated rings. The number of nitrogens with two attached hydrogens (primary N) is 1. The number of pyridine rings is 1. The van der Waals surface area contributed by atoms with Crippen molar-refractivity contribution in [3.63, 3.8) is 0 Å². The van der Waals surface area contributed by atoms with Gasteiger partial charge < -0.3 is 10.5 Å². The first-order valence-electron chi connectivity index (χ1n) is 5.84. The molecular formula is C13H16N4OS. The molecule has 0 aliphatic heterocycles. The zero-order valence-electron chi connectivity index (χ0n) is 11.1. The molecule has 0 saturated carbocycles. The first-order valence-corrected chi connectivity index (χ1v) is 6.66. The van der Waals surface area contributed by atoms with Gasteiger partial charge >= 0.3 is 0 Å². The minimum atomic E-state index is -0.340. The van der Waals surface area contributed by atoms with E-state index in [9.17, 15) is 0 Å². The maximum absolute atomic E-state index is 5.86. The Kier molecular flexibility index (Phi) is 3.90. The van der Waals surface area contributed by atoms with Gasteiger partial charge in [0.1, 0.15) is 10.6 Å². The van der Waals surface area contributed by atoms with Crippen molar-refractivity contribution < 1.29 is 4.74 Å². The number of hydrogen-bond donors (Lipinski definition) is 1. The van der Waals surface area contributed by atoms with Gasteiger partial charge in [0.2, 0.25) is 5.88 Å². The quantitative estimate of drug-likeness (QED) is 0.869. The van der Waals surface area contributed by atoms with Gasteiger partial charge in [-0.25, -0.2) is 15.0 Å². The summed E-state index contributed by atoms with van der Waals surface area (Å²) >= 11 is 1.37. The molecule has 2 aromatic rings. The van der Waals surface area contributed by atoms with Crippen LogP contribution in [0.4, 0.5) is 5.69 Å². The van der Waals surface area contributed by atoms with Gasteiger partial charge in [0.05, 0.1) is 5.69 Å². The van der Waals surface area contributed by atoms with E-state index in [4.69, 9.17) is 10.5 Å². The number of ether oxygens (including phenoxy) is 1. The highest BCUT2D eigenvalue weighted by Crippen LogP contribution is 2.29. The third-order valence-electron chi connectivity index (χ3n) is 2.00. The lowest BCUT2D eigenvalue weighted by atomic mass is 10.2. The van der Waals surface area contributed by atoms with Crippen LogP contribution in [0.5, 0.6) is 5.88 Å². The zero-order chi connectivity index (χ0) is 13.9.